The number of amides is 1. The van der Waals surface area contributed by atoms with Crippen LogP contribution in [0.15, 0.2) is 12.1 Å². The average Bonchev–Trinajstić information content (AvgIpc) is 2.33. The molecule has 1 rings (SSSR count). The van der Waals surface area contributed by atoms with Gasteiger partial charge < -0.3 is 19.9 Å². The van der Waals surface area contributed by atoms with Gasteiger partial charge in [0.25, 0.3) is 0 Å². The minimum Gasteiger partial charge on any atom is -0.492 e. The van der Waals surface area contributed by atoms with Crippen LogP contribution in [-0.2, 0) is 9.53 Å². The molecule has 6 nitrogen and oxygen atoms in total. The summed E-state index contributed by atoms with van der Waals surface area (Å²) < 4.78 is 23.5. The third kappa shape index (κ3) is 4.77. The van der Waals surface area contributed by atoms with Gasteiger partial charge in [-0.25, -0.2) is 14.0 Å². The fourth-order valence-corrected chi connectivity index (χ4v) is 1.95. The van der Waals surface area contributed by atoms with E-state index in [9.17, 15) is 19.1 Å². The summed E-state index contributed by atoms with van der Waals surface area (Å²) in [7, 11) is 1.23. The lowest BCUT2D eigenvalue weighted by Gasteiger charge is -2.22. The Kier molecular flexibility index (Phi) is 5.59. The van der Waals surface area contributed by atoms with Gasteiger partial charge in [0.2, 0.25) is 0 Å². The van der Waals surface area contributed by atoms with Crippen molar-refractivity contribution >= 4 is 23.7 Å². The van der Waals surface area contributed by atoms with Crippen molar-refractivity contribution in [3.63, 3.8) is 0 Å². The number of aliphatic carboxylic acids is 1. The van der Waals surface area contributed by atoms with E-state index >= 15 is 0 Å². The number of carbonyl (C=O) groups is 2. The Morgan fingerprint density at radius 1 is 1.36 bits per heavy atom. The average molecular weight is 334 g/mol. The standard InChI is InChI=1S/C14H17ClFNO5/c1-14(2,3)22-13(20)17-10(12(18)19)7-5-8(15)11(21-4)9(16)6-7/h5-6,10H,1-4H3,(H,17,20)(H,18,19). The molecule has 0 aliphatic carbocycles. The molecule has 0 saturated heterocycles. The Labute approximate surface area is 132 Å². The molecule has 1 amide bonds. The summed E-state index contributed by atoms with van der Waals surface area (Å²) in [6.45, 7) is 4.89. The summed E-state index contributed by atoms with van der Waals surface area (Å²) in [5.41, 5.74) is -0.836. The molecule has 0 radical (unpaired) electrons. The van der Waals surface area contributed by atoms with Crippen molar-refractivity contribution in [2.24, 2.45) is 0 Å². The summed E-state index contributed by atoms with van der Waals surface area (Å²) in [5.74, 6) is -2.42. The largest absolute Gasteiger partial charge is 0.492 e. The number of carboxylic acids is 1. The van der Waals surface area contributed by atoms with E-state index in [1.54, 1.807) is 20.8 Å². The van der Waals surface area contributed by atoms with Gasteiger partial charge in [-0.2, -0.15) is 0 Å². The van der Waals surface area contributed by atoms with Crippen LogP contribution in [0.25, 0.3) is 0 Å². The fraction of sp³-hybridized carbons (Fsp3) is 0.429. The van der Waals surface area contributed by atoms with Crippen molar-refractivity contribution in [1.29, 1.82) is 0 Å². The molecule has 1 atom stereocenters. The highest BCUT2D eigenvalue weighted by atomic mass is 35.5. The predicted molar refractivity (Wildman–Crippen MR) is 77.7 cm³/mol. The van der Waals surface area contributed by atoms with E-state index in [1.807, 2.05) is 0 Å². The number of alkyl carbamates (subject to hydrolysis) is 1. The molecule has 22 heavy (non-hydrogen) atoms. The van der Waals surface area contributed by atoms with Crippen LogP contribution in [-0.4, -0.2) is 29.9 Å². The number of halogens is 2. The van der Waals surface area contributed by atoms with Gasteiger partial charge in [-0.1, -0.05) is 11.6 Å². The maximum atomic E-state index is 13.8. The summed E-state index contributed by atoms with van der Waals surface area (Å²) in [5, 5.41) is 11.3. The predicted octanol–water partition coefficient (Wildman–Crippen LogP) is 3.14. The third-order valence-electron chi connectivity index (χ3n) is 2.47. The van der Waals surface area contributed by atoms with Gasteiger partial charge in [-0.3, -0.25) is 0 Å². The van der Waals surface area contributed by atoms with E-state index in [0.29, 0.717) is 0 Å². The van der Waals surface area contributed by atoms with E-state index in [4.69, 9.17) is 21.1 Å². The highest BCUT2D eigenvalue weighted by molar-refractivity contribution is 6.32. The molecule has 0 spiro atoms. The molecule has 1 aromatic carbocycles. The van der Waals surface area contributed by atoms with Gasteiger partial charge in [-0.15, -0.1) is 0 Å². The van der Waals surface area contributed by atoms with Crippen LogP contribution in [0.5, 0.6) is 5.75 Å². The lowest BCUT2D eigenvalue weighted by atomic mass is 10.1. The minimum absolute atomic E-state index is 0.0401. The van der Waals surface area contributed by atoms with Gasteiger partial charge in [0, 0.05) is 0 Å². The van der Waals surface area contributed by atoms with Crippen molar-refractivity contribution in [3.05, 3.63) is 28.5 Å². The summed E-state index contributed by atoms with van der Waals surface area (Å²) >= 11 is 5.82. The SMILES string of the molecule is COc1c(F)cc(C(NC(=O)OC(C)(C)C)C(=O)O)cc1Cl. The Morgan fingerprint density at radius 3 is 2.36 bits per heavy atom. The molecule has 0 bridgehead atoms. The maximum Gasteiger partial charge on any atom is 0.408 e. The van der Waals surface area contributed by atoms with Crippen LogP contribution in [0, 0.1) is 5.82 Å². The number of benzene rings is 1. The number of hydrogen-bond acceptors (Lipinski definition) is 4. The molecule has 8 heteroatoms. The van der Waals surface area contributed by atoms with Gasteiger partial charge in [0.05, 0.1) is 12.1 Å². The fourth-order valence-electron chi connectivity index (χ4n) is 1.65. The van der Waals surface area contributed by atoms with Crippen LogP contribution in [0.3, 0.4) is 0 Å². The zero-order valence-electron chi connectivity index (χ0n) is 12.6. The number of rotatable bonds is 4. The Morgan fingerprint density at radius 2 is 1.95 bits per heavy atom. The summed E-state index contributed by atoms with van der Waals surface area (Å²) in [6, 6.07) is 0.633. The van der Waals surface area contributed by atoms with Crippen LogP contribution in [0.4, 0.5) is 9.18 Å². The molecule has 1 aromatic rings. The van der Waals surface area contributed by atoms with Gasteiger partial charge >= 0.3 is 12.1 Å². The second-order valence-electron chi connectivity index (χ2n) is 5.44. The molecule has 2 N–H and O–H groups in total. The number of carbonyl (C=O) groups excluding carboxylic acids is 1. The summed E-state index contributed by atoms with van der Waals surface area (Å²) in [4.78, 5) is 23.0. The zero-order valence-corrected chi connectivity index (χ0v) is 13.3. The number of methoxy groups -OCH3 is 1. The molecule has 0 heterocycles. The molecular weight excluding hydrogens is 317 g/mol. The van der Waals surface area contributed by atoms with E-state index in [0.717, 1.165) is 6.07 Å². The molecule has 0 saturated carbocycles. The molecule has 0 aliphatic rings. The first kappa shape index (κ1) is 18.0. The van der Waals surface area contributed by atoms with Crippen LogP contribution >= 0.6 is 11.6 Å². The Balaban J connectivity index is 3.07. The van der Waals surface area contributed by atoms with Crippen LogP contribution in [0.2, 0.25) is 5.02 Å². The molecule has 0 aliphatic heterocycles. The first-order chi connectivity index (χ1) is 10.0. The number of ether oxygens (including phenoxy) is 2. The molecule has 122 valence electrons. The first-order valence-corrected chi connectivity index (χ1v) is 6.68. The topological polar surface area (TPSA) is 84.9 Å². The second kappa shape index (κ2) is 6.83. The van der Waals surface area contributed by atoms with Gasteiger partial charge in [0.15, 0.2) is 17.6 Å². The number of nitrogens with one attached hydrogen (secondary N) is 1. The molecule has 0 aromatic heterocycles. The van der Waals surface area contributed by atoms with E-state index in [1.165, 1.54) is 13.2 Å². The summed E-state index contributed by atoms with van der Waals surface area (Å²) in [6.07, 6.45) is -0.938. The lowest BCUT2D eigenvalue weighted by molar-refractivity contribution is -0.139. The number of carboxylic acid groups (broad SMARTS) is 1. The van der Waals surface area contributed by atoms with Gasteiger partial charge in [0.1, 0.15) is 5.60 Å². The minimum atomic E-state index is -1.51. The van der Waals surface area contributed by atoms with Crippen molar-refractivity contribution in [2.75, 3.05) is 7.11 Å². The third-order valence-corrected chi connectivity index (χ3v) is 2.75. The molecule has 0 fully saturated rings. The molecular formula is C14H17ClFNO5. The van der Waals surface area contributed by atoms with E-state index in [2.05, 4.69) is 5.32 Å². The smallest absolute Gasteiger partial charge is 0.408 e. The van der Waals surface area contributed by atoms with Crippen molar-refractivity contribution < 1.29 is 28.6 Å². The van der Waals surface area contributed by atoms with Crippen LogP contribution < -0.4 is 10.1 Å². The highest BCUT2D eigenvalue weighted by Gasteiger charge is 2.27. The van der Waals surface area contributed by atoms with Crippen molar-refractivity contribution in [1.82, 2.24) is 5.32 Å². The lowest BCUT2D eigenvalue weighted by Crippen LogP contribution is -2.38. The monoisotopic (exact) mass is 333 g/mol. The van der Waals surface area contributed by atoms with Gasteiger partial charge in [-0.05, 0) is 38.5 Å². The quantitative estimate of drug-likeness (QED) is 0.884. The highest BCUT2D eigenvalue weighted by Crippen LogP contribution is 2.31. The van der Waals surface area contributed by atoms with Crippen LogP contribution in [0.1, 0.15) is 32.4 Å². The Bertz CT molecular complexity index is 562. The van der Waals surface area contributed by atoms with Crippen molar-refractivity contribution in [2.45, 2.75) is 32.4 Å². The maximum absolute atomic E-state index is 13.8. The number of hydrogen-bond donors (Lipinski definition) is 2. The normalized spacial score (nSPS) is 12.5. The van der Waals surface area contributed by atoms with E-state index in [-0.39, 0.29) is 16.3 Å². The Hall–Kier alpha value is -2.02. The van der Waals surface area contributed by atoms with E-state index < -0.39 is 29.5 Å². The second-order valence-corrected chi connectivity index (χ2v) is 5.84. The first-order valence-electron chi connectivity index (χ1n) is 6.30. The zero-order chi connectivity index (χ0) is 17.1. The molecule has 1 unspecified atom stereocenters. The van der Waals surface area contributed by atoms with Crippen molar-refractivity contribution in [3.8, 4) is 5.75 Å².